The third-order valence-corrected chi connectivity index (χ3v) is 8.27. The Morgan fingerprint density at radius 1 is 1.21 bits per heavy atom. The van der Waals surface area contributed by atoms with Gasteiger partial charge in [0.05, 0.1) is 11.1 Å². The fourth-order valence-corrected chi connectivity index (χ4v) is 6.59. The lowest BCUT2D eigenvalue weighted by Gasteiger charge is -2.34. The zero-order valence-corrected chi connectivity index (χ0v) is 18.6. The van der Waals surface area contributed by atoms with Crippen LogP contribution in [0.2, 0.25) is 0 Å². The van der Waals surface area contributed by atoms with Crippen molar-refractivity contribution in [3.63, 3.8) is 0 Å². The number of fused-ring (bicyclic) bond motifs is 2. The summed E-state index contributed by atoms with van der Waals surface area (Å²) in [4.78, 5) is 0. The lowest BCUT2D eigenvalue weighted by Crippen LogP contribution is -2.48. The average Bonchev–Trinajstić information content (AvgIpc) is 3.12. The summed E-state index contributed by atoms with van der Waals surface area (Å²) in [7, 11) is 3.78. The molecule has 5 nitrogen and oxygen atoms in total. The van der Waals surface area contributed by atoms with Gasteiger partial charge in [0.15, 0.2) is 0 Å². The monoisotopic (exact) mass is 421 g/mol. The number of aliphatic hydroxyl groups is 1. The number of hydrogen-bond acceptors (Lipinski definition) is 6. The highest BCUT2D eigenvalue weighted by Gasteiger charge is 2.46. The van der Waals surface area contributed by atoms with E-state index >= 15 is 0 Å². The van der Waals surface area contributed by atoms with E-state index in [0.29, 0.717) is 13.1 Å². The first-order valence-corrected chi connectivity index (χ1v) is 12.3. The molecule has 2 atom stereocenters. The van der Waals surface area contributed by atoms with Crippen molar-refractivity contribution in [2.45, 2.75) is 68.9 Å². The van der Waals surface area contributed by atoms with Gasteiger partial charge < -0.3 is 15.2 Å². The first-order chi connectivity index (χ1) is 13.2. The standard InChI is InChI=1S/C21H29N2O3S2/c1-20(2)8-16(21(3,4)23(20)25)9-22-10-17(24)19-6-13-5-14-11-27-28-12-15(14)7-18(13)26-19/h5,7-8,17,19,22,24H,6,9-12H2,1-4H3. The molecule has 0 saturated carbocycles. The minimum absolute atomic E-state index is 0.218. The number of hydroxylamine groups is 2. The number of aliphatic hydroxyl groups excluding tert-OH is 1. The van der Waals surface area contributed by atoms with Crippen LogP contribution < -0.4 is 10.1 Å². The molecule has 0 aromatic heterocycles. The zero-order valence-electron chi connectivity index (χ0n) is 16.9. The van der Waals surface area contributed by atoms with E-state index < -0.39 is 17.2 Å². The maximum atomic E-state index is 12.5. The van der Waals surface area contributed by atoms with E-state index in [1.54, 1.807) is 0 Å². The zero-order chi connectivity index (χ0) is 20.1. The van der Waals surface area contributed by atoms with E-state index in [1.165, 1.54) is 16.7 Å². The highest BCUT2D eigenvalue weighted by Crippen LogP contribution is 2.42. The Hall–Kier alpha value is -0.700. The summed E-state index contributed by atoms with van der Waals surface area (Å²) < 4.78 is 6.07. The van der Waals surface area contributed by atoms with Crippen LogP contribution in [0.15, 0.2) is 23.8 Å². The first-order valence-electron chi connectivity index (χ1n) is 9.83. The van der Waals surface area contributed by atoms with Crippen molar-refractivity contribution >= 4 is 21.6 Å². The van der Waals surface area contributed by atoms with Crippen LogP contribution in [0.1, 0.15) is 44.4 Å². The second-order valence-electron chi connectivity index (χ2n) is 8.99. The van der Waals surface area contributed by atoms with Crippen LogP contribution in [0.25, 0.3) is 0 Å². The average molecular weight is 422 g/mol. The topological polar surface area (TPSA) is 64.6 Å². The van der Waals surface area contributed by atoms with E-state index in [0.717, 1.165) is 34.3 Å². The molecule has 7 heteroatoms. The Kier molecular flexibility index (Phi) is 5.53. The molecule has 1 radical (unpaired) electrons. The Morgan fingerprint density at radius 3 is 2.54 bits per heavy atom. The van der Waals surface area contributed by atoms with Crippen LogP contribution in [-0.2, 0) is 23.1 Å². The van der Waals surface area contributed by atoms with Crippen LogP contribution in [0.4, 0.5) is 0 Å². The van der Waals surface area contributed by atoms with Crippen LogP contribution in [-0.4, -0.2) is 46.5 Å². The van der Waals surface area contributed by atoms with E-state index in [4.69, 9.17) is 4.74 Å². The van der Waals surface area contributed by atoms with Gasteiger partial charge in [-0.25, -0.2) is 0 Å². The van der Waals surface area contributed by atoms with E-state index in [2.05, 4.69) is 17.4 Å². The molecule has 3 aliphatic rings. The van der Waals surface area contributed by atoms with Gasteiger partial charge in [-0.2, -0.15) is 0 Å². The van der Waals surface area contributed by atoms with Gasteiger partial charge in [0, 0.05) is 31.0 Å². The summed E-state index contributed by atoms with van der Waals surface area (Å²) in [5, 5.41) is 27.6. The quantitative estimate of drug-likeness (QED) is 0.561. The van der Waals surface area contributed by atoms with Crippen molar-refractivity contribution in [1.82, 2.24) is 10.4 Å². The number of nitrogens with one attached hydrogen (secondary N) is 1. The molecule has 153 valence electrons. The number of ether oxygens (including phenoxy) is 1. The van der Waals surface area contributed by atoms with Crippen LogP contribution in [0.3, 0.4) is 0 Å². The molecule has 3 heterocycles. The SMILES string of the molecule is CC1(C)C=C(CNCC(O)C2Cc3cc4c(cc3O2)CSSC4)C(C)(C)N1[O]. The molecule has 2 N–H and O–H groups in total. The third-order valence-electron chi connectivity index (χ3n) is 6.04. The summed E-state index contributed by atoms with van der Waals surface area (Å²) in [6.07, 6.45) is 1.99. The summed E-state index contributed by atoms with van der Waals surface area (Å²) in [5.74, 6) is 2.99. The molecule has 0 saturated heterocycles. The van der Waals surface area contributed by atoms with Gasteiger partial charge in [-0.05, 0) is 56.0 Å². The molecule has 0 spiro atoms. The van der Waals surface area contributed by atoms with Gasteiger partial charge in [0.2, 0.25) is 0 Å². The minimum atomic E-state index is -0.588. The molecular formula is C21H29N2O3S2. The van der Waals surface area contributed by atoms with Crippen molar-refractivity contribution < 1.29 is 15.1 Å². The van der Waals surface area contributed by atoms with Gasteiger partial charge in [-0.3, -0.25) is 0 Å². The summed E-state index contributed by atoms with van der Waals surface area (Å²) in [6, 6.07) is 4.42. The second-order valence-corrected chi connectivity index (χ2v) is 11.5. The molecule has 1 aromatic rings. The number of nitrogens with zero attached hydrogens (tertiary/aromatic N) is 1. The van der Waals surface area contributed by atoms with E-state index in [1.807, 2.05) is 55.4 Å². The van der Waals surface area contributed by atoms with Crippen LogP contribution in [0, 0.1) is 0 Å². The van der Waals surface area contributed by atoms with Gasteiger partial charge in [-0.1, -0.05) is 33.7 Å². The van der Waals surface area contributed by atoms with E-state index in [-0.39, 0.29) is 6.10 Å². The molecule has 3 aliphatic heterocycles. The first kappa shape index (κ1) is 20.6. The minimum Gasteiger partial charge on any atom is -0.487 e. The van der Waals surface area contributed by atoms with Crippen LogP contribution >= 0.6 is 21.6 Å². The smallest absolute Gasteiger partial charge is 0.130 e. The number of rotatable bonds is 5. The van der Waals surface area contributed by atoms with Gasteiger partial charge in [-0.15, -0.1) is 10.3 Å². The molecule has 0 fully saturated rings. The Morgan fingerprint density at radius 2 is 1.89 bits per heavy atom. The van der Waals surface area contributed by atoms with Gasteiger partial charge in [0.1, 0.15) is 18.0 Å². The molecule has 0 amide bonds. The fourth-order valence-electron chi connectivity index (χ4n) is 4.37. The highest BCUT2D eigenvalue weighted by atomic mass is 33.1. The predicted octanol–water partition coefficient (Wildman–Crippen LogP) is 3.48. The van der Waals surface area contributed by atoms with Gasteiger partial charge >= 0.3 is 0 Å². The molecular weight excluding hydrogens is 392 g/mol. The molecule has 0 aliphatic carbocycles. The van der Waals surface area contributed by atoms with Crippen molar-refractivity contribution in [2.24, 2.45) is 0 Å². The number of benzene rings is 1. The predicted molar refractivity (Wildman–Crippen MR) is 115 cm³/mol. The maximum Gasteiger partial charge on any atom is 0.130 e. The van der Waals surface area contributed by atoms with Gasteiger partial charge in [0.25, 0.3) is 0 Å². The summed E-state index contributed by atoms with van der Waals surface area (Å²) in [6.45, 7) is 8.81. The Bertz CT molecular complexity index is 759. The second kappa shape index (κ2) is 7.52. The lowest BCUT2D eigenvalue weighted by atomic mass is 9.96. The normalized spacial score (nSPS) is 26.4. The Labute approximate surface area is 175 Å². The fraction of sp³-hybridized carbons (Fsp3) is 0.619. The Balaban J connectivity index is 1.33. The lowest BCUT2D eigenvalue weighted by molar-refractivity contribution is -0.238. The molecule has 4 rings (SSSR count). The van der Waals surface area contributed by atoms with Crippen molar-refractivity contribution in [3.8, 4) is 5.75 Å². The summed E-state index contributed by atoms with van der Waals surface area (Å²) >= 11 is 0. The molecule has 28 heavy (non-hydrogen) atoms. The third kappa shape index (κ3) is 3.73. The van der Waals surface area contributed by atoms with Crippen molar-refractivity contribution in [1.29, 1.82) is 0 Å². The van der Waals surface area contributed by atoms with Crippen LogP contribution in [0.5, 0.6) is 5.75 Å². The molecule has 1 aromatic carbocycles. The molecule has 2 unspecified atom stereocenters. The largest absolute Gasteiger partial charge is 0.487 e. The van der Waals surface area contributed by atoms with E-state index in [9.17, 15) is 10.3 Å². The van der Waals surface area contributed by atoms with Crippen molar-refractivity contribution in [2.75, 3.05) is 13.1 Å². The van der Waals surface area contributed by atoms with Crippen molar-refractivity contribution in [3.05, 3.63) is 40.5 Å². The maximum absolute atomic E-state index is 12.5. The highest BCUT2D eigenvalue weighted by molar-refractivity contribution is 8.76. The number of hydrogen-bond donors (Lipinski definition) is 2. The summed E-state index contributed by atoms with van der Waals surface area (Å²) in [5.41, 5.74) is 4.01. The molecule has 0 bridgehead atoms.